The Hall–Kier alpha value is -3.34. The summed E-state index contributed by atoms with van der Waals surface area (Å²) in [6.07, 6.45) is 52.9. The monoisotopic (exact) mass is 947 g/mol. The first-order chi connectivity index (χ1) is 32.2. The van der Waals surface area contributed by atoms with Crippen molar-refractivity contribution in [2.24, 2.45) is 0 Å². The maximum absolute atomic E-state index is 12.8. The van der Waals surface area contributed by atoms with Crippen molar-refractivity contribution in [3.63, 3.8) is 0 Å². The number of phosphoric ester groups is 1. The van der Waals surface area contributed by atoms with Crippen LogP contribution in [0.25, 0.3) is 0 Å². The van der Waals surface area contributed by atoms with E-state index in [9.17, 15) is 28.9 Å². The normalized spacial score (nSPS) is 14.2. The van der Waals surface area contributed by atoms with E-state index in [1.807, 2.05) is 18.2 Å². The van der Waals surface area contributed by atoms with Crippen molar-refractivity contribution in [2.75, 3.05) is 26.4 Å². The number of unbranched alkanes of at least 4 members (excludes halogenated alkanes) is 15. The van der Waals surface area contributed by atoms with Crippen LogP contribution in [0.5, 0.6) is 0 Å². The molecule has 0 saturated heterocycles. The SMILES string of the molecule is CC/C=C\C/C=C\C/C=C\C/C=C\CCC(=O)OC(CO)COP(=O)(O)OCC(COC(=O)CCCCCCCCCCCCC)OC(=O)CCCCCCC/C=C\C/C=C\C/C=C\CC. The molecule has 0 rings (SSSR count). The van der Waals surface area contributed by atoms with Crippen molar-refractivity contribution in [3.8, 4) is 0 Å². The maximum Gasteiger partial charge on any atom is 0.472 e. The number of ether oxygens (including phenoxy) is 3. The van der Waals surface area contributed by atoms with E-state index in [1.54, 1.807) is 0 Å². The van der Waals surface area contributed by atoms with Gasteiger partial charge in [0.05, 0.1) is 19.8 Å². The summed E-state index contributed by atoms with van der Waals surface area (Å²) in [5, 5.41) is 9.75. The van der Waals surface area contributed by atoms with Crippen LogP contribution in [0, 0.1) is 0 Å². The number of allylic oxidation sites excluding steroid dienone is 14. The molecule has 0 aromatic heterocycles. The predicted octanol–water partition coefficient (Wildman–Crippen LogP) is 14.4. The Morgan fingerprint density at radius 2 is 0.818 bits per heavy atom. The smallest absolute Gasteiger partial charge is 0.462 e. The zero-order valence-corrected chi connectivity index (χ0v) is 42.3. The first kappa shape index (κ1) is 62.7. The van der Waals surface area contributed by atoms with Crippen molar-refractivity contribution >= 4 is 25.7 Å². The fourth-order valence-corrected chi connectivity index (χ4v) is 7.28. The molecule has 0 aromatic rings. The minimum Gasteiger partial charge on any atom is -0.462 e. The second kappa shape index (κ2) is 48.1. The maximum atomic E-state index is 12.8. The van der Waals surface area contributed by atoms with Crippen molar-refractivity contribution in [1.82, 2.24) is 0 Å². The van der Waals surface area contributed by atoms with E-state index < -0.39 is 57.8 Å². The van der Waals surface area contributed by atoms with Crippen LogP contribution in [0.2, 0.25) is 0 Å². The van der Waals surface area contributed by atoms with Gasteiger partial charge in [-0.15, -0.1) is 0 Å². The number of esters is 3. The highest BCUT2D eigenvalue weighted by atomic mass is 31.2. The number of hydrogen-bond acceptors (Lipinski definition) is 10. The first-order valence-corrected chi connectivity index (χ1v) is 27.0. The van der Waals surface area contributed by atoms with Gasteiger partial charge in [0, 0.05) is 19.3 Å². The number of phosphoric acid groups is 1. The summed E-state index contributed by atoms with van der Waals surface area (Å²) in [6.45, 7) is 4.28. The van der Waals surface area contributed by atoms with E-state index in [0.717, 1.165) is 96.3 Å². The third-order valence-corrected chi connectivity index (χ3v) is 11.3. The molecule has 0 bridgehead atoms. The molecule has 0 aliphatic rings. The minimum atomic E-state index is -4.76. The van der Waals surface area contributed by atoms with E-state index in [2.05, 4.69) is 87.6 Å². The van der Waals surface area contributed by atoms with E-state index in [1.165, 1.54) is 44.9 Å². The summed E-state index contributed by atoms with van der Waals surface area (Å²) in [5.41, 5.74) is 0. The van der Waals surface area contributed by atoms with Gasteiger partial charge in [-0.25, -0.2) is 4.57 Å². The molecule has 0 aromatic carbocycles. The summed E-state index contributed by atoms with van der Waals surface area (Å²) in [6, 6.07) is 0. The standard InChI is InChI=1S/C54H91O11P/c1-4-7-10-13-16-19-22-24-25-27-30-33-36-39-42-45-54(58)65-51(47-61-52(56)43-40-37-34-31-28-21-18-15-12-9-6-3)49-63-66(59,60)62-48-50(46-55)64-53(57)44-41-38-35-32-29-26-23-20-17-14-11-8-5-2/h7-8,10-11,16-17,19-20,24-26,29,35,38,50-51,55H,4-6,9,12-15,18,21-23,27-28,30-34,36-37,39-49H2,1-3H3,(H,59,60)/b10-7-,11-8-,19-16-,20-17-,25-24-,29-26-,38-35-. The summed E-state index contributed by atoms with van der Waals surface area (Å²) in [7, 11) is -4.76. The number of carbonyl (C=O) groups is 3. The van der Waals surface area contributed by atoms with Crippen molar-refractivity contribution in [3.05, 3.63) is 85.1 Å². The lowest BCUT2D eigenvalue weighted by Crippen LogP contribution is -2.30. The Morgan fingerprint density at radius 1 is 0.439 bits per heavy atom. The van der Waals surface area contributed by atoms with Crippen LogP contribution >= 0.6 is 7.82 Å². The molecule has 3 unspecified atom stereocenters. The molecule has 0 amide bonds. The average Bonchev–Trinajstić information content (AvgIpc) is 3.30. The number of aliphatic hydroxyl groups excluding tert-OH is 1. The van der Waals surface area contributed by atoms with Gasteiger partial charge in [0.15, 0.2) is 6.10 Å². The van der Waals surface area contributed by atoms with Crippen molar-refractivity contribution < 1.29 is 52.2 Å². The number of carbonyl (C=O) groups excluding carboxylic acids is 3. The van der Waals surface area contributed by atoms with Gasteiger partial charge in [0.25, 0.3) is 0 Å². The highest BCUT2D eigenvalue weighted by Gasteiger charge is 2.28. The molecule has 0 heterocycles. The molecule has 11 nitrogen and oxygen atoms in total. The van der Waals surface area contributed by atoms with Gasteiger partial charge in [0.1, 0.15) is 12.7 Å². The van der Waals surface area contributed by atoms with Crippen LogP contribution in [0.4, 0.5) is 0 Å². The molecule has 12 heteroatoms. The predicted molar refractivity (Wildman–Crippen MR) is 270 cm³/mol. The second-order valence-electron chi connectivity index (χ2n) is 16.6. The topological polar surface area (TPSA) is 155 Å². The average molecular weight is 947 g/mol. The fourth-order valence-electron chi connectivity index (χ4n) is 6.50. The van der Waals surface area contributed by atoms with E-state index in [0.29, 0.717) is 19.3 Å². The zero-order chi connectivity index (χ0) is 48.4. The molecule has 66 heavy (non-hydrogen) atoms. The largest absolute Gasteiger partial charge is 0.472 e. The second-order valence-corrected chi connectivity index (χ2v) is 18.0. The number of hydrogen-bond donors (Lipinski definition) is 2. The molecule has 0 saturated carbocycles. The summed E-state index contributed by atoms with van der Waals surface area (Å²) in [5.74, 6) is -1.58. The Morgan fingerprint density at radius 3 is 1.30 bits per heavy atom. The minimum absolute atomic E-state index is 0.0524. The lowest BCUT2D eigenvalue weighted by molar-refractivity contribution is -0.161. The molecule has 0 radical (unpaired) electrons. The number of rotatable bonds is 46. The highest BCUT2D eigenvalue weighted by molar-refractivity contribution is 7.47. The number of aliphatic hydroxyl groups is 1. The van der Waals surface area contributed by atoms with Crippen LogP contribution in [0.15, 0.2) is 85.1 Å². The molecule has 378 valence electrons. The Bertz CT molecular complexity index is 1430. The molecule has 0 spiro atoms. The fraction of sp³-hybridized carbons (Fsp3) is 0.685. The van der Waals surface area contributed by atoms with E-state index in [-0.39, 0.29) is 25.9 Å². The lowest BCUT2D eigenvalue weighted by Gasteiger charge is -2.21. The van der Waals surface area contributed by atoms with Gasteiger partial charge in [-0.2, -0.15) is 0 Å². The summed E-state index contributed by atoms with van der Waals surface area (Å²) in [4.78, 5) is 48.2. The molecule has 0 aliphatic carbocycles. The van der Waals surface area contributed by atoms with Crippen molar-refractivity contribution in [2.45, 2.75) is 213 Å². The summed E-state index contributed by atoms with van der Waals surface area (Å²) >= 11 is 0. The van der Waals surface area contributed by atoms with Crippen LogP contribution in [-0.4, -0.2) is 66.5 Å². The Balaban J connectivity index is 4.83. The van der Waals surface area contributed by atoms with Crippen LogP contribution < -0.4 is 0 Å². The zero-order valence-electron chi connectivity index (χ0n) is 41.4. The van der Waals surface area contributed by atoms with Crippen LogP contribution in [0.1, 0.15) is 201 Å². The molecular formula is C54H91O11P. The van der Waals surface area contributed by atoms with Gasteiger partial charge in [-0.05, 0) is 77.0 Å². The third kappa shape index (κ3) is 45.8. The molecule has 2 N–H and O–H groups in total. The van der Waals surface area contributed by atoms with Gasteiger partial charge in [-0.3, -0.25) is 23.4 Å². The molecular weight excluding hydrogens is 856 g/mol. The van der Waals surface area contributed by atoms with Gasteiger partial charge in [-0.1, -0.05) is 189 Å². The lowest BCUT2D eigenvalue weighted by atomic mass is 10.1. The molecule has 3 atom stereocenters. The van der Waals surface area contributed by atoms with Gasteiger partial charge < -0.3 is 24.2 Å². The third-order valence-electron chi connectivity index (χ3n) is 10.3. The Kier molecular flexibility index (Phi) is 45.7. The highest BCUT2D eigenvalue weighted by Crippen LogP contribution is 2.43. The van der Waals surface area contributed by atoms with Crippen LogP contribution in [0.3, 0.4) is 0 Å². The van der Waals surface area contributed by atoms with Crippen LogP contribution in [-0.2, 0) is 42.2 Å². The van der Waals surface area contributed by atoms with Crippen molar-refractivity contribution in [1.29, 1.82) is 0 Å². The molecule has 0 aliphatic heterocycles. The summed E-state index contributed by atoms with van der Waals surface area (Å²) < 4.78 is 39.2. The molecule has 0 fully saturated rings. The van der Waals surface area contributed by atoms with E-state index >= 15 is 0 Å². The van der Waals surface area contributed by atoms with Gasteiger partial charge in [0.2, 0.25) is 0 Å². The quantitative estimate of drug-likeness (QED) is 0.0197. The van der Waals surface area contributed by atoms with E-state index in [4.69, 9.17) is 23.3 Å². The van der Waals surface area contributed by atoms with Gasteiger partial charge >= 0.3 is 25.7 Å². The first-order valence-electron chi connectivity index (χ1n) is 25.5. The Labute approximate surface area is 400 Å².